The zero-order chi connectivity index (χ0) is 8.48. The van der Waals surface area contributed by atoms with E-state index < -0.39 is 0 Å². The fraction of sp³-hybridized carbons (Fsp3) is 0.889. The lowest BCUT2D eigenvalue weighted by Gasteiger charge is -2.35. The smallest absolute Gasteiger partial charge is 0.0511 e. The van der Waals surface area contributed by atoms with Crippen molar-refractivity contribution in [1.82, 2.24) is 0 Å². The minimum atomic E-state index is 0.300. The van der Waals surface area contributed by atoms with Crippen molar-refractivity contribution in [1.29, 1.82) is 0 Å². The molecule has 2 heteroatoms. The minimum Gasteiger partial charge on any atom is -0.298 e. The van der Waals surface area contributed by atoms with Crippen molar-refractivity contribution >= 4 is 18.3 Å². The third-order valence-corrected chi connectivity index (χ3v) is 2.68. The van der Waals surface area contributed by atoms with Crippen LogP contribution in [0.2, 0.25) is 0 Å². The van der Waals surface area contributed by atoms with Crippen molar-refractivity contribution in [2.24, 2.45) is 10.4 Å². The van der Waals surface area contributed by atoms with E-state index in [1.54, 1.807) is 0 Å². The van der Waals surface area contributed by atoms with Gasteiger partial charge in [-0.25, -0.2) is 0 Å². The molecule has 0 bridgehead atoms. The molecule has 1 fully saturated rings. The van der Waals surface area contributed by atoms with E-state index in [4.69, 9.17) is 11.6 Å². The lowest BCUT2D eigenvalue weighted by molar-refractivity contribution is 0.226. The molecule has 0 heterocycles. The first-order chi connectivity index (χ1) is 5.03. The van der Waals surface area contributed by atoms with Crippen LogP contribution in [-0.2, 0) is 0 Å². The van der Waals surface area contributed by atoms with Gasteiger partial charge in [0.25, 0.3) is 0 Å². The third-order valence-electron chi connectivity index (χ3n) is 2.35. The molecule has 0 radical (unpaired) electrons. The van der Waals surface area contributed by atoms with E-state index in [0.717, 1.165) is 19.3 Å². The number of nitrogens with zero attached hydrogens (tertiary/aromatic N) is 1. The van der Waals surface area contributed by atoms with Gasteiger partial charge in [0.05, 0.1) is 6.04 Å². The summed E-state index contributed by atoms with van der Waals surface area (Å²) in [6, 6.07) is 0.390. The van der Waals surface area contributed by atoms with Crippen LogP contribution >= 0.6 is 11.6 Å². The molecule has 1 aliphatic rings. The third kappa shape index (κ3) is 2.48. The predicted molar refractivity (Wildman–Crippen MR) is 50.6 cm³/mol. The number of rotatable bonds is 1. The summed E-state index contributed by atoms with van der Waals surface area (Å²) in [5.74, 6) is 0. The van der Waals surface area contributed by atoms with E-state index in [1.807, 2.05) is 0 Å². The second kappa shape index (κ2) is 3.14. The van der Waals surface area contributed by atoms with Gasteiger partial charge in [0.2, 0.25) is 0 Å². The molecular weight excluding hydrogens is 158 g/mol. The Labute approximate surface area is 73.9 Å². The van der Waals surface area contributed by atoms with Gasteiger partial charge in [-0.3, -0.25) is 4.99 Å². The van der Waals surface area contributed by atoms with Crippen LogP contribution in [0.4, 0.5) is 0 Å². The van der Waals surface area contributed by atoms with Gasteiger partial charge in [0.1, 0.15) is 0 Å². The molecule has 0 spiro atoms. The standard InChI is InChI=1S/C9H16ClN/c1-9(2)5-7(10)4-8(6-9)11-3/h7-8H,3-6H2,1-2H3. The maximum Gasteiger partial charge on any atom is 0.0511 e. The highest BCUT2D eigenvalue weighted by Gasteiger charge is 2.32. The summed E-state index contributed by atoms with van der Waals surface area (Å²) in [5, 5.41) is 0.300. The van der Waals surface area contributed by atoms with Gasteiger partial charge < -0.3 is 0 Å². The fourth-order valence-electron chi connectivity index (χ4n) is 1.92. The lowest BCUT2D eigenvalue weighted by Crippen LogP contribution is -2.31. The Balaban J connectivity index is 2.57. The van der Waals surface area contributed by atoms with E-state index >= 15 is 0 Å². The van der Waals surface area contributed by atoms with Gasteiger partial charge in [0, 0.05) is 5.38 Å². The second-order valence-electron chi connectivity index (χ2n) is 4.24. The van der Waals surface area contributed by atoms with Crippen LogP contribution in [-0.4, -0.2) is 18.1 Å². The number of aliphatic imine (C=N–C) groups is 1. The first-order valence-electron chi connectivity index (χ1n) is 4.13. The Bertz CT molecular complexity index is 154. The zero-order valence-electron chi connectivity index (χ0n) is 7.31. The maximum atomic E-state index is 6.09. The zero-order valence-corrected chi connectivity index (χ0v) is 8.06. The molecule has 0 aromatic rings. The predicted octanol–water partition coefficient (Wildman–Crippen LogP) is 2.87. The minimum absolute atomic E-state index is 0.300. The Kier molecular flexibility index (Phi) is 2.58. The molecule has 2 atom stereocenters. The molecule has 64 valence electrons. The van der Waals surface area contributed by atoms with Gasteiger partial charge in [0.15, 0.2) is 0 Å². The average molecular weight is 174 g/mol. The summed E-state index contributed by atoms with van der Waals surface area (Å²) in [5.41, 5.74) is 0.358. The van der Waals surface area contributed by atoms with E-state index in [-0.39, 0.29) is 0 Å². The molecule has 11 heavy (non-hydrogen) atoms. The van der Waals surface area contributed by atoms with Crippen LogP contribution in [0.15, 0.2) is 4.99 Å². The van der Waals surface area contributed by atoms with E-state index in [2.05, 4.69) is 25.6 Å². The van der Waals surface area contributed by atoms with Gasteiger partial charge in [-0.05, 0) is 31.4 Å². The topological polar surface area (TPSA) is 12.4 Å². The van der Waals surface area contributed by atoms with Gasteiger partial charge in [-0.2, -0.15) is 0 Å². The Morgan fingerprint density at radius 1 is 1.45 bits per heavy atom. The molecule has 1 nitrogen and oxygen atoms in total. The molecule has 0 amide bonds. The number of hydrogen-bond donors (Lipinski definition) is 0. The first-order valence-corrected chi connectivity index (χ1v) is 4.57. The Morgan fingerprint density at radius 2 is 2.09 bits per heavy atom. The normalized spacial score (nSPS) is 36.6. The molecule has 0 saturated heterocycles. The number of hydrogen-bond acceptors (Lipinski definition) is 1. The summed E-state index contributed by atoms with van der Waals surface area (Å²) >= 11 is 6.09. The molecule has 0 aromatic heterocycles. The fourth-order valence-corrected chi connectivity index (χ4v) is 2.55. The quantitative estimate of drug-likeness (QED) is 0.427. The molecule has 1 saturated carbocycles. The Morgan fingerprint density at radius 3 is 2.55 bits per heavy atom. The maximum absolute atomic E-state index is 6.09. The van der Waals surface area contributed by atoms with Crippen LogP contribution in [0.25, 0.3) is 0 Å². The highest BCUT2D eigenvalue weighted by Crippen LogP contribution is 2.38. The van der Waals surface area contributed by atoms with Crippen molar-refractivity contribution in [3.8, 4) is 0 Å². The first kappa shape index (κ1) is 9.05. The SMILES string of the molecule is C=NC1CC(Cl)CC(C)(C)C1. The molecule has 1 aliphatic carbocycles. The van der Waals surface area contributed by atoms with E-state index in [0.29, 0.717) is 16.8 Å². The number of alkyl halides is 1. The molecule has 1 rings (SSSR count). The van der Waals surface area contributed by atoms with Crippen LogP contribution in [0.1, 0.15) is 33.1 Å². The van der Waals surface area contributed by atoms with Crippen molar-refractivity contribution in [2.75, 3.05) is 0 Å². The van der Waals surface area contributed by atoms with Crippen LogP contribution in [0.5, 0.6) is 0 Å². The molecule has 0 aromatic carbocycles. The summed E-state index contributed by atoms with van der Waals surface area (Å²) in [6.45, 7) is 8.08. The molecule has 0 N–H and O–H groups in total. The van der Waals surface area contributed by atoms with Crippen LogP contribution in [0.3, 0.4) is 0 Å². The summed E-state index contributed by atoms with van der Waals surface area (Å²) < 4.78 is 0. The highest BCUT2D eigenvalue weighted by atomic mass is 35.5. The highest BCUT2D eigenvalue weighted by molar-refractivity contribution is 6.20. The van der Waals surface area contributed by atoms with Crippen LogP contribution < -0.4 is 0 Å². The second-order valence-corrected chi connectivity index (χ2v) is 4.86. The van der Waals surface area contributed by atoms with E-state index in [9.17, 15) is 0 Å². The van der Waals surface area contributed by atoms with E-state index in [1.165, 1.54) is 0 Å². The summed E-state index contributed by atoms with van der Waals surface area (Å²) in [6.07, 6.45) is 3.26. The molecule has 0 aliphatic heterocycles. The molecular formula is C9H16ClN. The van der Waals surface area contributed by atoms with Crippen molar-refractivity contribution in [3.05, 3.63) is 0 Å². The average Bonchev–Trinajstić information content (AvgIpc) is 1.83. The summed E-state index contributed by atoms with van der Waals surface area (Å²) in [4.78, 5) is 4.06. The van der Waals surface area contributed by atoms with Gasteiger partial charge in [-0.15, -0.1) is 11.6 Å². The van der Waals surface area contributed by atoms with Crippen LogP contribution in [0, 0.1) is 5.41 Å². The largest absolute Gasteiger partial charge is 0.298 e. The Hall–Kier alpha value is -0.0400. The molecule has 2 unspecified atom stereocenters. The monoisotopic (exact) mass is 173 g/mol. The van der Waals surface area contributed by atoms with Gasteiger partial charge >= 0.3 is 0 Å². The van der Waals surface area contributed by atoms with Crippen molar-refractivity contribution in [2.45, 2.75) is 44.5 Å². The lowest BCUT2D eigenvalue weighted by atomic mass is 9.75. The van der Waals surface area contributed by atoms with Crippen molar-refractivity contribution < 1.29 is 0 Å². The summed E-state index contributed by atoms with van der Waals surface area (Å²) in [7, 11) is 0. The number of halogens is 1. The van der Waals surface area contributed by atoms with Gasteiger partial charge in [-0.1, -0.05) is 13.8 Å². The van der Waals surface area contributed by atoms with Crippen molar-refractivity contribution in [3.63, 3.8) is 0 Å².